The third-order valence-electron chi connectivity index (χ3n) is 2.31. The molecule has 1 fully saturated rings. The molecule has 1 saturated heterocycles. The van der Waals surface area contributed by atoms with Crippen LogP contribution in [0.4, 0.5) is 0 Å². The number of ether oxygens (including phenoxy) is 1. The number of carboxylic acids is 1. The lowest BCUT2D eigenvalue weighted by atomic mass is 9.98. The normalized spacial score (nSPS) is 35.3. The molecule has 8 nitrogen and oxygen atoms in total. The summed E-state index contributed by atoms with van der Waals surface area (Å²) in [5.41, 5.74) is 5.44. The van der Waals surface area contributed by atoms with Crippen LogP contribution in [0.1, 0.15) is 6.92 Å². The van der Waals surface area contributed by atoms with Crippen LogP contribution in [0.15, 0.2) is 12.2 Å². The van der Waals surface area contributed by atoms with E-state index in [0.717, 1.165) is 0 Å². The van der Waals surface area contributed by atoms with Gasteiger partial charge in [-0.1, -0.05) is 6.58 Å². The van der Waals surface area contributed by atoms with Crippen LogP contribution in [0.5, 0.6) is 0 Å². The van der Waals surface area contributed by atoms with Gasteiger partial charge in [0.05, 0.1) is 12.6 Å². The van der Waals surface area contributed by atoms with E-state index in [0.29, 0.717) is 0 Å². The van der Waals surface area contributed by atoms with Gasteiger partial charge in [-0.2, -0.15) is 0 Å². The fourth-order valence-corrected chi connectivity index (χ4v) is 1.12. The molecule has 0 aromatic carbocycles. The summed E-state index contributed by atoms with van der Waals surface area (Å²) < 4.78 is 4.70. The minimum atomic E-state index is -1.35. The molecule has 0 radical (unpaired) electrons. The summed E-state index contributed by atoms with van der Waals surface area (Å²) in [6.45, 7) is 4.13. The van der Waals surface area contributed by atoms with Crippen molar-refractivity contribution in [1.82, 2.24) is 0 Å². The fourth-order valence-electron chi connectivity index (χ4n) is 1.12. The fraction of sp³-hybridized carbons (Fsp3) is 0.700. The molecular weight excluding hydrogens is 246 g/mol. The lowest BCUT2D eigenvalue weighted by molar-refractivity contribution is -0.248. The first kappa shape index (κ1) is 17.0. The van der Waals surface area contributed by atoms with E-state index in [1.54, 1.807) is 0 Å². The Labute approximate surface area is 104 Å². The average molecular weight is 265 g/mol. The topological polar surface area (TPSA) is 153 Å². The van der Waals surface area contributed by atoms with Gasteiger partial charge in [-0.25, -0.2) is 4.79 Å². The number of aliphatic hydroxyl groups is 4. The van der Waals surface area contributed by atoms with Gasteiger partial charge in [-0.15, -0.1) is 0 Å². The quantitative estimate of drug-likeness (QED) is 0.297. The molecule has 0 bridgehead atoms. The molecule has 106 valence electrons. The number of aliphatic carboxylic acids is 1. The molecule has 1 aliphatic rings. The highest BCUT2D eigenvalue weighted by Gasteiger charge is 2.41. The molecule has 0 spiro atoms. The smallest absolute Gasteiger partial charge is 0.330 e. The minimum Gasteiger partial charge on any atom is -0.478 e. The van der Waals surface area contributed by atoms with Gasteiger partial charge in [0.15, 0.2) is 6.29 Å². The van der Waals surface area contributed by atoms with Gasteiger partial charge >= 0.3 is 5.97 Å². The molecule has 0 aromatic heterocycles. The van der Waals surface area contributed by atoms with Crippen molar-refractivity contribution < 1.29 is 35.1 Å². The summed E-state index contributed by atoms with van der Waals surface area (Å²) in [5, 5.41) is 44.0. The Bertz CT molecular complexity index is 279. The maximum absolute atomic E-state index is 9.60. The third-order valence-corrected chi connectivity index (χ3v) is 2.31. The zero-order valence-corrected chi connectivity index (χ0v) is 9.93. The van der Waals surface area contributed by atoms with E-state index in [-0.39, 0.29) is 5.57 Å². The second kappa shape index (κ2) is 7.41. The molecule has 0 aromatic rings. The molecule has 7 N–H and O–H groups in total. The van der Waals surface area contributed by atoms with Crippen molar-refractivity contribution in [3.8, 4) is 0 Å². The van der Waals surface area contributed by atoms with Crippen LogP contribution < -0.4 is 5.73 Å². The number of hydrogen-bond acceptors (Lipinski definition) is 7. The molecule has 5 atom stereocenters. The highest BCUT2D eigenvalue weighted by atomic mass is 16.6. The van der Waals surface area contributed by atoms with Crippen molar-refractivity contribution in [2.75, 3.05) is 6.61 Å². The Kier molecular flexibility index (Phi) is 6.99. The molecular formula is C10H19NO7. The molecule has 1 unspecified atom stereocenters. The van der Waals surface area contributed by atoms with Crippen molar-refractivity contribution in [2.45, 2.75) is 37.6 Å². The van der Waals surface area contributed by atoms with E-state index in [9.17, 15) is 15.0 Å². The summed E-state index contributed by atoms with van der Waals surface area (Å²) in [7, 11) is 0. The zero-order valence-electron chi connectivity index (χ0n) is 9.93. The van der Waals surface area contributed by atoms with E-state index >= 15 is 0 Å². The van der Waals surface area contributed by atoms with Crippen molar-refractivity contribution in [3.63, 3.8) is 0 Å². The lowest BCUT2D eigenvalue weighted by Crippen LogP contribution is -2.61. The zero-order chi connectivity index (χ0) is 14.5. The van der Waals surface area contributed by atoms with Gasteiger partial charge in [0.25, 0.3) is 0 Å². The largest absolute Gasteiger partial charge is 0.478 e. The molecule has 0 amide bonds. The van der Waals surface area contributed by atoms with Crippen LogP contribution in [-0.4, -0.2) is 68.8 Å². The number of aliphatic hydroxyl groups excluding tert-OH is 4. The number of carboxylic acid groups (broad SMARTS) is 1. The first-order valence-corrected chi connectivity index (χ1v) is 5.17. The Morgan fingerprint density at radius 2 is 1.78 bits per heavy atom. The maximum atomic E-state index is 9.60. The predicted octanol–water partition coefficient (Wildman–Crippen LogP) is -2.61. The van der Waals surface area contributed by atoms with Gasteiger partial charge in [0.2, 0.25) is 0 Å². The summed E-state index contributed by atoms with van der Waals surface area (Å²) in [6, 6.07) is -1.04. The van der Waals surface area contributed by atoms with Crippen LogP contribution >= 0.6 is 0 Å². The van der Waals surface area contributed by atoms with E-state index < -0.39 is 43.2 Å². The first-order chi connectivity index (χ1) is 8.22. The molecule has 0 saturated carbocycles. The standard InChI is InChI=1S/C6H13NO5.C4H6O2/c7-3-5(10)4(9)2(1-8)12-6(3)11;1-3(2)4(5)6/h2-6,8-11H,1,7H2;1H2,2H3,(H,5,6)/t2-,3-,4+,5-,6?;/m1./s1. The summed E-state index contributed by atoms with van der Waals surface area (Å²) in [4.78, 5) is 9.60. The van der Waals surface area contributed by atoms with Crippen LogP contribution in [-0.2, 0) is 9.53 Å². The number of hydrogen-bond donors (Lipinski definition) is 6. The molecule has 8 heteroatoms. The van der Waals surface area contributed by atoms with Gasteiger partial charge in [-0.3, -0.25) is 0 Å². The molecule has 18 heavy (non-hydrogen) atoms. The van der Waals surface area contributed by atoms with Gasteiger partial charge in [0.1, 0.15) is 18.3 Å². The number of nitrogens with two attached hydrogens (primary N) is 1. The van der Waals surface area contributed by atoms with Crippen LogP contribution in [0.3, 0.4) is 0 Å². The minimum absolute atomic E-state index is 0.176. The second-order valence-corrected chi connectivity index (χ2v) is 3.89. The third kappa shape index (κ3) is 4.69. The summed E-state index contributed by atoms with van der Waals surface area (Å²) >= 11 is 0. The predicted molar refractivity (Wildman–Crippen MR) is 60.4 cm³/mol. The SMILES string of the molecule is C=C(C)C(=O)O.N[C@H]1C(O)O[C@H](CO)[C@H](O)[C@@H]1O. The van der Waals surface area contributed by atoms with E-state index in [1.807, 2.05) is 0 Å². The molecule has 1 aliphatic heterocycles. The van der Waals surface area contributed by atoms with Crippen LogP contribution in [0.25, 0.3) is 0 Å². The Hall–Kier alpha value is -1.03. The highest BCUT2D eigenvalue weighted by Crippen LogP contribution is 2.17. The maximum Gasteiger partial charge on any atom is 0.330 e. The van der Waals surface area contributed by atoms with Crippen LogP contribution in [0.2, 0.25) is 0 Å². The lowest BCUT2D eigenvalue weighted by Gasteiger charge is -2.38. The van der Waals surface area contributed by atoms with Crippen molar-refractivity contribution in [2.24, 2.45) is 5.73 Å². The summed E-state index contributed by atoms with van der Waals surface area (Å²) in [6.07, 6.45) is -4.85. The average Bonchev–Trinajstić information content (AvgIpc) is 2.31. The first-order valence-electron chi connectivity index (χ1n) is 5.17. The molecule has 0 aliphatic carbocycles. The van der Waals surface area contributed by atoms with Crippen molar-refractivity contribution in [1.29, 1.82) is 0 Å². The summed E-state index contributed by atoms with van der Waals surface area (Å²) in [5.74, 6) is -0.935. The van der Waals surface area contributed by atoms with Crippen molar-refractivity contribution >= 4 is 5.97 Å². The van der Waals surface area contributed by atoms with Gasteiger partial charge in [-0.05, 0) is 6.92 Å². The molecule has 1 heterocycles. The van der Waals surface area contributed by atoms with Crippen LogP contribution in [0, 0.1) is 0 Å². The number of rotatable bonds is 2. The van der Waals surface area contributed by atoms with Gasteiger partial charge < -0.3 is 36.0 Å². The Morgan fingerprint density at radius 1 is 1.33 bits per heavy atom. The van der Waals surface area contributed by atoms with Gasteiger partial charge in [0, 0.05) is 5.57 Å². The highest BCUT2D eigenvalue weighted by molar-refractivity contribution is 5.84. The second-order valence-electron chi connectivity index (χ2n) is 3.89. The van der Waals surface area contributed by atoms with E-state index in [2.05, 4.69) is 6.58 Å². The monoisotopic (exact) mass is 265 g/mol. The number of carbonyl (C=O) groups is 1. The Balaban J connectivity index is 0.000000411. The Morgan fingerprint density at radius 3 is 2.11 bits per heavy atom. The van der Waals surface area contributed by atoms with E-state index in [4.69, 9.17) is 25.8 Å². The van der Waals surface area contributed by atoms with Crippen molar-refractivity contribution in [3.05, 3.63) is 12.2 Å². The van der Waals surface area contributed by atoms with E-state index in [1.165, 1.54) is 6.92 Å². The molecule has 1 rings (SSSR count).